The number of ether oxygens (including phenoxy) is 1. The molecule has 0 saturated heterocycles. The Bertz CT molecular complexity index is 603. The number of esters is 1. The first kappa shape index (κ1) is 13.2. The quantitative estimate of drug-likeness (QED) is 0.802. The summed E-state index contributed by atoms with van der Waals surface area (Å²) in [5, 5.41) is 0. The van der Waals surface area contributed by atoms with Crippen LogP contribution in [0.3, 0.4) is 0 Å². The third-order valence-electron chi connectivity index (χ3n) is 2.49. The van der Waals surface area contributed by atoms with Crippen LogP contribution in [0.15, 0.2) is 24.4 Å². The number of carbonyl (C=O) groups is 1. The smallest absolute Gasteiger partial charge is 0.358 e. The molecule has 0 N–H and O–H groups in total. The first-order chi connectivity index (χ1) is 9.01. The zero-order valence-corrected chi connectivity index (χ0v) is 10.5. The van der Waals surface area contributed by atoms with Gasteiger partial charge in [0.25, 0.3) is 0 Å². The van der Waals surface area contributed by atoms with Crippen molar-refractivity contribution < 1.29 is 18.3 Å². The Balaban J connectivity index is 2.42. The van der Waals surface area contributed by atoms with Crippen LogP contribution in [0.2, 0.25) is 0 Å². The first-order valence-corrected chi connectivity index (χ1v) is 5.71. The number of nitrogens with zero attached hydrogens (tertiary/aromatic N) is 2. The molecule has 0 fully saturated rings. The fourth-order valence-corrected chi connectivity index (χ4v) is 1.72. The molecule has 0 atom stereocenters. The van der Waals surface area contributed by atoms with E-state index in [2.05, 4.69) is 4.98 Å². The highest BCUT2D eigenvalue weighted by Gasteiger charge is 2.14. The van der Waals surface area contributed by atoms with Crippen molar-refractivity contribution in [3.8, 4) is 5.69 Å². The van der Waals surface area contributed by atoms with E-state index in [0.29, 0.717) is 5.82 Å². The molecule has 0 aliphatic rings. The number of carbonyl (C=O) groups excluding carboxylic acids is 1. The van der Waals surface area contributed by atoms with E-state index in [-0.39, 0.29) is 18.0 Å². The average molecular weight is 266 g/mol. The molecule has 100 valence electrons. The lowest BCUT2D eigenvalue weighted by atomic mass is 10.3. The summed E-state index contributed by atoms with van der Waals surface area (Å²) in [7, 11) is 0. The summed E-state index contributed by atoms with van der Waals surface area (Å²) in [6.45, 7) is 3.55. The topological polar surface area (TPSA) is 44.1 Å². The maximum atomic E-state index is 13.2. The van der Waals surface area contributed by atoms with E-state index < -0.39 is 17.6 Å². The van der Waals surface area contributed by atoms with Crippen LogP contribution < -0.4 is 0 Å². The summed E-state index contributed by atoms with van der Waals surface area (Å²) >= 11 is 0. The summed E-state index contributed by atoms with van der Waals surface area (Å²) in [5.74, 6) is -1.52. The van der Waals surface area contributed by atoms with Gasteiger partial charge in [0.1, 0.15) is 17.5 Å². The molecule has 6 heteroatoms. The number of benzene rings is 1. The second-order valence-corrected chi connectivity index (χ2v) is 3.89. The number of hydrogen-bond donors (Lipinski definition) is 0. The van der Waals surface area contributed by atoms with Gasteiger partial charge in [-0.1, -0.05) is 0 Å². The maximum Gasteiger partial charge on any atom is 0.358 e. The van der Waals surface area contributed by atoms with Crippen molar-refractivity contribution in [1.29, 1.82) is 0 Å². The molecule has 0 saturated carbocycles. The van der Waals surface area contributed by atoms with Crippen LogP contribution in [0.25, 0.3) is 5.69 Å². The van der Waals surface area contributed by atoms with Gasteiger partial charge in [-0.15, -0.1) is 0 Å². The number of rotatable bonds is 3. The molecule has 0 spiro atoms. The summed E-state index contributed by atoms with van der Waals surface area (Å²) in [4.78, 5) is 15.5. The minimum absolute atomic E-state index is 0.101. The minimum Gasteiger partial charge on any atom is -0.461 e. The number of imidazole rings is 1. The Morgan fingerprint density at radius 3 is 2.53 bits per heavy atom. The lowest BCUT2D eigenvalue weighted by molar-refractivity contribution is 0.0520. The third-order valence-corrected chi connectivity index (χ3v) is 2.49. The molecule has 0 unspecified atom stereocenters. The van der Waals surface area contributed by atoms with Crippen LogP contribution >= 0.6 is 0 Å². The SMILES string of the molecule is CCOC(=O)c1cn(-c2cc(F)cc(F)c2)c(C)n1. The average Bonchev–Trinajstić information content (AvgIpc) is 2.70. The molecule has 0 bridgehead atoms. The zero-order chi connectivity index (χ0) is 14.0. The summed E-state index contributed by atoms with van der Waals surface area (Å²) in [5.41, 5.74) is 0.363. The first-order valence-electron chi connectivity index (χ1n) is 5.71. The van der Waals surface area contributed by atoms with Gasteiger partial charge in [-0.3, -0.25) is 0 Å². The summed E-state index contributed by atoms with van der Waals surface area (Å²) in [6, 6.07) is 3.10. The molecule has 2 rings (SSSR count). The molecule has 1 aromatic carbocycles. The predicted octanol–water partition coefficient (Wildman–Crippen LogP) is 2.64. The van der Waals surface area contributed by atoms with Crippen LogP contribution in [-0.4, -0.2) is 22.1 Å². The Hall–Kier alpha value is -2.24. The van der Waals surface area contributed by atoms with Crippen LogP contribution in [0.4, 0.5) is 8.78 Å². The molecule has 4 nitrogen and oxygen atoms in total. The van der Waals surface area contributed by atoms with Gasteiger partial charge in [-0.2, -0.15) is 0 Å². The lowest BCUT2D eigenvalue weighted by Crippen LogP contribution is -2.04. The highest BCUT2D eigenvalue weighted by molar-refractivity contribution is 5.87. The van der Waals surface area contributed by atoms with Gasteiger partial charge in [0.15, 0.2) is 5.69 Å². The van der Waals surface area contributed by atoms with E-state index in [4.69, 9.17) is 4.74 Å². The fourth-order valence-electron chi connectivity index (χ4n) is 1.72. The van der Waals surface area contributed by atoms with Crippen LogP contribution in [-0.2, 0) is 4.74 Å². The molecule has 19 heavy (non-hydrogen) atoms. The summed E-state index contributed by atoms with van der Waals surface area (Å²) in [6.07, 6.45) is 1.39. The lowest BCUT2D eigenvalue weighted by Gasteiger charge is -2.04. The molecule has 0 aliphatic heterocycles. The van der Waals surface area contributed by atoms with E-state index in [9.17, 15) is 13.6 Å². The van der Waals surface area contributed by atoms with Crippen molar-refractivity contribution in [2.75, 3.05) is 6.61 Å². The number of aryl methyl sites for hydroxylation is 1. The summed E-state index contributed by atoms with van der Waals surface area (Å²) < 4.78 is 32.6. The third kappa shape index (κ3) is 2.78. The van der Waals surface area contributed by atoms with E-state index in [0.717, 1.165) is 18.2 Å². The highest BCUT2D eigenvalue weighted by atomic mass is 19.1. The predicted molar refractivity (Wildman–Crippen MR) is 64.2 cm³/mol. The van der Waals surface area contributed by atoms with Crippen molar-refractivity contribution in [3.63, 3.8) is 0 Å². The largest absolute Gasteiger partial charge is 0.461 e. The number of halogens is 2. The van der Waals surface area contributed by atoms with Crippen molar-refractivity contribution in [1.82, 2.24) is 9.55 Å². The van der Waals surface area contributed by atoms with Crippen molar-refractivity contribution in [2.45, 2.75) is 13.8 Å². The monoisotopic (exact) mass is 266 g/mol. The van der Waals surface area contributed by atoms with Gasteiger partial charge >= 0.3 is 5.97 Å². The maximum absolute atomic E-state index is 13.2. The van der Waals surface area contributed by atoms with Crippen molar-refractivity contribution in [2.24, 2.45) is 0 Å². The molecular weight excluding hydrogens is 254 g/mol. The fraction of sp³-hybridized carbons (Fsp3) is 0.231. The van der Waals surface area contributed by atoms with Gasteiger partial charge in [0.2, 0.25) is 0 Å². The second kappa shape index (κ2) is 5.17. The van der Waals surface area contributed by atoms with Crippen molar-refractivity contribution in [3.05, 3.63) is 47.5 Å². The normalized spacial score (nSPS) is 10.5. The van der Waals surface area contributed by atoms with Gasteiger partial charge in [-0.25, -0.2) is 18.6 Å². The van der Waals surface area contributed by atoms with Crippen LogP contribution in [0.1, 0.15) is 23.2 Å². The van der Waals surface area contributed by atoms with Gasteiger partial charge in [0.05, 0.1) is 12.3 Å². The molecule has 1 heterocycles. The Morgan fingerprint density at radius 2 is 1.95 bits per heavy atom. The second-order valence-electron chi connectivity index (χ2n) is 3.89. The zero-order valence-electron chi connectivity index (χ0n) is 10.5. The van der Waals surface area contributed by atoms with Crippen molar-refractivity contribution >= 4 is 5.97 Å². The molecule has 1 aromatic heterocycles. The Labute approximate surface area is 108 Å². The van der Waals surface area contributed by atoms with Crippen LogP contribution in [0.5, 0.6) is 0 Å². The van der Waals surface area contributed by atoms with E-state index in [1.165, 1.54) is 10.8 Å². The van der Waals surface area contributed by atoms with Crippen LogP contribution in [0, 0.1) is 18.6 Å². The van der Waals surface area contributed by atoms with Gasteiger partial charge < -0.3 is 9.30 Å². The highest BCUT2D eigenvalue weighted by Crippen LogP contribution is 2.16. The van der Waals surface area contributed by atoms with E-state index >= 15 is 0 Å². The number of aromatic nitrogens is 2. The Morgan fingerprint density at radius 1 is 1.32 bits per heavy atom. The van der Waals surface area contributed by atoms with Gasteiger partial charge in [-0.05, 0) is 26.0 Å². The van der Waals surface area contributed by atoms with Gasteiger partial charge in [0, 0.05) is 12.3 Å². The number of hydrogen-bond acceptors (Lipinski definition) is 3. The minimum atomic E-state index is -0.694. The molecule has 0 aliphatic carbocycles. The molecule has 2 aromatic rings. The molecule has 0 amide bonds. The van der Waals surface area contributed by atoms with E-state index in [1.807, 2.05) is 0 Å². The molecular formula is C13H12F2N2O2. The molecule has 0 radical (unpaired) electrons. The van der Waals surface area contributed by atoms with E-state index in [1.54, 1.807) is 13.8 Å². The Kier molecular flexibility index (Phi) is 3.59. The standard InChI is InChI=1S/C13H12F2N2O2/c1-3-19-13(18)12-7-17(8(2)16-12)11-5-9(14)4-10(15)6-11/h4-7H,3H2,1-2H3.